The summed E-state index contributed by atoms with van der Waals surface area (Å²) < 4.78 is 11.8. The minimum atomic E-state index is -1.31. The lowest BCUT2D eigenvalue weighted by molar-refractivity contribution is -0.159. The van der Waals surface area contributed by atoms with Crippen molar-refractivity contribution in [2.45, 2.75) is 38.2 Å². The zero-order chi connectivity index (χ0) is 27.7. The smallest absolute Gasteiger partial charge is 0.340 e. The van der Waals surface area contributed by atoms with Crippen molar-refractivity contribution in [3.8, 4) is 16.9 Å². The zero-order valence-electron chi connectivity index (χ0n) is 22.1. The number of aliphatic carboxylic acids is 1. The fraction of sp³-hybridized carbons (Fsp3) is 0.273. The van der Waals surface area contributed by atoms with Crippen LogP contribution >= 0.6 is 0 Å². The number of benzene rings is 3. The molecule has 0 aliphatic heterocycles. The van der Waals surface area contributed by atoms with Crippen LogP contribution < -0.4 is 4.74 Å². The molecular formula is C33H34O6. The van der Waals surface area contributed by atoms with Crippen LogP contribution in [0.25, 0.3) is 16.7 Å². The van der Waals surface area contributed by atoms with E-state index in [4.69, 9.17) is 14.6 Å². The summed E-state index contributed by atoms with van der Waals surface area (Å²) in [5, 5.41) is 18.9. The van der Waals surface area contributed by atoms with E-state index in [1.165, 1.54) is 0 Å². The Morgan fingerprint density at radius 3 is 2.10 bits per heavy atom. The highest BCUT2D eigenvalue weighted by atomic mass is 16.5. The molecule has 0 bridgehead atoms. The predicted octanol–water partition coefficient (Wildman–Crippen LogP) is 7.12. The van der Waals surface area contributed by atoms with Crippen LogP contribution in [0.5, 0.6) is 5.75 Å². The number of hydrogen-bond donors (Lipinski definition) is 2. The highest BCUT2D eigenvalue weighted by Crippen LogP contribution is 2.30. The van der Waals surface area contributed by atoms with Crippen molar-refractivity contribution in [2.24, 2.45) is 5.92 Å². The molecule has 6 heteroatoms. The number of carboxylic acids is 2. The minimum Gasteiger partial charge on any atom is -0.494 e. The summed E-state index contributed by atoms with van der Waals surface area (Å²) >= 11 is 0. The second kappa shape index (κ2) is 13.1. The Morgan fingerprint density at radius 1 is 0.846 bits per heavy atom. The maximum absolute atomic E-state index is 12.0. The number of carbonyl (C=O) groups is 2. The van der Waals surface area contributed by atoms with Crippen LogP contribution in [-0.4, -0.2) is 41.0 Å². The van der Waals surface area contributed by atoms with E-state index in [1.54, 1.807) is 30.3 Å². The average molecular weight is 527 g/mol. The van der Waals surface area contributed by atoms with E-state index in [0.29, 0.717) is 25.6 Å². The van der Waals surface area contributed by atoms with Gasteiger partial charge >= 0.3 is 11.9 Å². The molecule has 0 heterocycles. The molecular weight excluding hydrogens is 492 g/mol. The molecule has 0 radical (unpaired) electrons. The van der Waals surface area contributed by atoms with Gasteiger partial charge in [0, 0.05) is 13.0 Å². The van der Waals surface area contributed by atoms with Gasteiger partial charge in [-0.2, -0.15) is 0 Å². The number of allylic oxidation sites excluding steroid dienone is 2. The predicted molar refractivity (Wildman–Crippen MR) is 152 cm³/mol. The molecule has 0 saturated heterocycles. The minimum absolute atomic E-state index is 0.265. The first-order valence-electron chi connectivity index (χ1n) is 13.2. The Labute approximate surface area is 229 Å². The lowest BCUT2D eigenvalue weighted by atomic mass is 9.89. The van der Waals surface area contributed by atoms with Crippen molar-refractivity contribution < 1.29 is 29.3 Å². The topological polar surface area (TPSA) is 93.1 Å². The highest BCUT2D eigenvalue weighted by molar-refractivity contribution is 5.88. The molecule has 3 aromatic rings. The first-order chi connectivity index (χ1) is 18.9. The molecule has 39 heavy (non-hydrogen) atoms. The van der Waals surface area contributed by atoms with Crippen molar-refractivity contribution in [1.29, 1.82) is 0 Å². The van der Waals surface area contributed by atoms with Gasteiger partial charge in [-0.1, -0.05) is 73.7 Å². The van der Waals surface area contributed by atoms with Gasteiger partial charge in [0.1, 0.15) is 5.75 Å². The maximum atomic E-state index is 12.0. The summed E-state index contributed by atoms with van der Waals surface area (Å²) in [4.78, 5) is 23.0. The summed E-state index contributed by atoms with van der Waals surface area (Å²) in [6, 6.07) is 24.5. The molecule has 3 aromatic carbocycles. The lowest BCUT2D eigenvalue weighted by Gasteiger charge is -2.28. The van der Waals surface area contributed by atoms with Gasteiger partial charge in [0.15, 0.2) is 5.60 Å². The van der Waals surface area contributed by atoms with E-state index in [9.17, 15) is 14.7 Å². The van der Waals surface area contributed by atoms with Gasteiger partial charge in [0.05, 0.1) is 12.2 Å². The second-order valence-corrected chi connectivity index (χ2v) is 9.90. The van der Waals surface area contributed by atoms with Crippen molar-refractivity contribution in [3.63, 3.8) is 0 Å². The van der Waals surface area contributed by atoms with E-state index in [2.05, 4.69) is 6.92 Å². The zero-order valence-corrected chi connectivity index (χ0v) is 22.1. The summed E-state index contributed by atoms with van der Waals surface area (Å²) in [7, 11) is 0. The highest BCUT2D eigenvalue weighted by Gasteiger charge is 2.37. The molecule has 0 aromatic heterocycles. The van der Waals surface area contributed by atoms with Gasteiger partial charge in [0.2, 0.25) is 0 Å². The van der Waals surface area contributed by atoms with Crippen LogP contribution in [0.1, 0.15) is 48.5 Å². The van der Waals surface area contributed by atoms with Gasteiger partial charge < -0.3 is 19.7 Å². The van der Waals surface area contributed by atoms with Gasteiger partial charge in [-0.15, -0.1) is 0 Å². The normalized spacial score (nSPS) is 17.3. The molecule has 6 nitrogen and oxygen atoms in total. The first kappa shape index (κ1) is 27.9. The number of aromatic carboxylic acids is 1. The Hall–Kier alpha value is -4.16. The third-order valence-electron chi connectivity index (χ3n) is 7.03. The van der Waals surface area contributed by atoms with Gasteiger partial charge in [-0.3, -0.25) is 0 Å². The molecule has 4 rings (SSSR count). The monoisotopic (exact) mass is 526 g/mol. The SMILES string of the molecule is CC(CCCOC1(C(=O)O)C=CC(c2ccccc2)=CC1)CCOc1ccc(-c2ccc(C(=O)O)cc2)cc1. The molecule has 202 valence electrons. The third-order valence-corrected chi connectivity index (χ3v) is 7.03. The van der Waals surface area contributed by atoms with E-state index in [0.717, 1.165) is 47.3 Å². The Bertz CT molecular complexity index is 1310. The number of carboxylic acid groups (broad SMARTS) is 2. The molecule has 1 aliphatic carbocycles. The number of ether oxygens (including phenoxy) is 2. The van der Waals surface area contributed by atoms with E-state index in [-0.39, 0.29) is 5.56 Å². The van der Waals surface area contributed by atoms with Crippen LogP contribution in [0.4, 0.5) is 0 Å². The number of hydrogen-bond acceptors (Lipinski definition) is 4. The second-order valence-electron chi connectivity index (χ2n) is 9.90. The van der Waals surface area contributed by atoms with E-state index >= 15 is 0 Å². The average Bonchev–Trinajstić information content (AvgIpc) is 2.96. The van der Waals surface area contributed by atoms with Crippen molar-refractivity contribution in [1.82, 2.24) is 0 Å². The van der Waals surface area contributed by atoms with Crippen LogP contribution in [-0.2, 0) is 9.53 Å². The van der Waals surface area contributed by atoms with E-state index < -0.39 is 17.5 Å². The Balaban J connectivity index is 1.17. The molecule has 0 amide bonds. The maximum Gasteiger partial charge on any atom is 0.340 e. The quantitative estimate of drug-likeness (QED) is 0.230. The van der Waals surface area contributed by atoms with E-state index in [1.807, 2.05) is 66.7 Å². The molecule has 1 aliphatic rings. The Kier molecular flexibility index (Phi) is 9.34. The molecule has 2 N–H and O–H groups in total. The van der Waals surface area contributed by atoms with Crippen LogP contribution in [0.15, 0.2) is 97.1 Å². The summed E-state index contributed by atoms with van der Waals surface area (Å²) in [5.74, 6) is -0.709. The van der Waals surface area contributed by atoms with Crippen LogP contribution in [0.2, 0.25) is 0 Å². The summed E-state index contributed by atoms with van der Waals surface area (Å²) in [6.45, 7) is 3.13. The van der Waals surface area contributed by atoms with Crippen molar-refractivity contribution >= 4 is 17.5 Å². The summed E-state index contributed by atoms with van der Waals surface area (Å²) in [5.41, 5.74) is 2.96. The molecule has 2 unspecified atom stereocenters. The number of rotatable bonds is 13. The largest absolute Gasteiger partial charge is 0.494 e. The Morgan fingerprint density at radius 2 is 1.51 bits per heavy atom. The fourth-order valence-corrected chi connectivity index (χ4v) is 4.55. The van der Waals surface area contributed by atoms with Crippen LogP contribution in [0, 0.1) is 5.92 Å². The fourth-order valence-electron chi connectivity index (χ4n) is 4.55. The van der Waals surface area contributed by atoms with Gasteiger partial charge in [-0.25, -0.2) is 9.59 Å². The first-order valence-corrected chi connectivity index (χ1v) is 13.2. The standard InChI is InChI=1S/C33H34O6/c1-24(19-23-38-30-15-13-27(14-16-30)26-9-11-29(12-10-26)31(34)35)6-5-22-39-33(32(36)37)20-17-28(18-21-33)25-7-3-2-4-8-25/h2-4,7-18,20,24H,5-6,19,21-23H2,1H3,(H,34,35)(H,36,37). The lowest BCUT2D eigenvalue weighted by Crippen LogP contribution is -2.40. The van der Waals surface area contributed by atoms with Crippen molar-refractivity contribution in [3.05, 3.63) is 108 Å². The molecule has 0 saturated carbocycles. The van der Waals surface area contributed by atoms with Crippen molar-refractivity contribution in [2.75, 3.05) is 13.2 Å². The van der Waals surface area contributed by atoms with Crippen LogP contribution in [0.3, 0.4) is 0 Å². The van der Waals surface area contributed by atoms with Gasteiger partial charge in [0.25, 0.3) is 0 Å². The third kappa shape index (κ3) is 7.45. The van der Waals surface area contributed by atoms with Gasteiger partial charge in [-0.05, 0) is 77.8 Å². The molecule has 2 atom stereocenters. The summed E-state index contributed by atoms with van der Waals surface area (Å²) in [6.07, 6.45) is 8.32. The molecule has 0 fully saturated rings. The molecule has 0 spiro atoms.